The number of hydrogen-bond donors (Lipinski definition) is 1. The number of alkyl halides is 1. The van der Waals surface area contributed by atoms with Crippen LogP contribution in [0.3, 0.4) is 0 Å². The van der Waals surface area contributed by atoms with E-state index >= 15 is 0 Å². The van der Waals surface area contributed by atoms with Crippen LogP contribution in [0.4, 0.5) is 0 Å². The Morgan fingerprint density at radius 1 is 1.38 bits per heavy atom. The summed E-state index contributed by atoms with van der Waals surface area (Å²) in [5.74, 6) is 0. The van der Waals surface area contributed by atoms with Crippen LogP contribution in [0.2, 0.25) is 0 Å². The van der Waals surface area contributed by atoms with Crippen molar-refractivity contribution in [1.29, 1.82) is 0 Å². The number of benzene rings is 1. The second-order valence-electron chi connectivity index (χ2n) is 2.43. The molecule has 0 bridgehead atoms. The summed E-state index contributed by atoms with van der Waals surface area (Å²) in [6.07, 6.45) is 0. The molecular weight excluding hydrogens is 322 g/mol. The molecule has 0 aliphatic rings. The number of halogens is 2. The largest absolute Gasteiger partial charge is 0.238 e. The summed E-state index contributed by atoms with van der Waals surface area (Å²) in [6.45, 7) is 0. The molecule has 1 rings (SSSR count). The average Bonchev–Trinajstić information content (AvgIpc) is 2.03. The van der Waals surface area contributed by atoms with Crippen molar-refractivity contribution in [2.75, 3.05) is 0 Å². The number of primary sulfonamides is 1. The molecule has 0 amide bonds. The summed E-state index contributed by atoms with van der Waals surface area (Å²) in [6, 6.07) is 4.66. The molecule has 0 aromatic heterocycles. The first kappa shape index (κ1) is 11.2. The van der Waals surface area contributed by atoms with Gasteiger partial charge in [-0.1, -0.05) is 31.9 Å². The predicted molar refractivity (Wildman–Crippen MR) is 58.1 cm³/mol. The van der Waals surface area contributed by atoms with Crippen molar-refractivity contribution >= 4 is 41.9 Å². The lowest BCUT2D eigenvalue weighted by Gasteiger charge is -2.02. The first-order valence-corrected chi connectivity index (χ1v) is 6.78. The van der Waals surface area contributed by atoms with Crippen molar-refractivity contribution in [3.8, 4) is 0 Å². The fraction of sp³-hybridized carbons (Fsp3) is 0.143. The number of nitrogens with two attached hydrogens (primary N) is 1. The van der Waals surface area contributed by atoms with E-state index in [-0.39, 0.29) is 4.90 Å². The van der Waals surface area contributed by atoms with E-state index in [1.54, 1.807) is 6.07 Å². The van der Waals surface area contributed by atoms with E-state index in [1.165, 1.54) is 12.1 Å². The van der Waals surface area contributed by atoms with E-state index in [0.29, 0.717) is 5.33 Å². The van der Waals surface area contributed by atoms with E-state index in [2.05, 4.69) is 31.9 Å². The molecule has 0 unspecified atom stereocenters. The van der Waals surface area contributed by atoms with E-state index < -0.39 is 10.0 Å². The second kappa shape index (κ2) is 4.08. The van der Waals surface area contributed by atoms with E-state index in [1.807, 2.05) is 0 Å². The quantitative estimate of drug-likeness (QED) is 0.844. The van der Waals surface area contributed by atoms with E-state index in [0.717, 1.165) is 10.0 Å². The van der Waals surface area contributed by atoms with Crippen LogP contribution in [0.1, 0.15) is 5.56 Å². The van der Waals surface area contributed by atoms with Gasteiger partial charge in [-0.3, -0.25) is 0 Å². The zero-order valence-corrected chi connectivity index (χ0v) is 10.5. The van der Waals surface area contributed by atoms with Gasteiger partial charge >= 0.3 is 0 Å². The highest BCUT2D eigenvalue weighted by Crippen LogP contribution is 2.22. The third-order valence-electron chi connectivity index (χ3n) is 1.49. The fourth-order valence-corrected chi connectivity index (χ4v) is 2.62. The highest BCUT2D eigenvalue weighted by Gasteiger charge is 2.09. The summed E-state index contributed by atoms with van der Waals surface area (Å²) >= 11 is 6.54. The molecule has 13 heavy (non-hydrogen) atoms. The standard InChI is InChI=1S/C7H7Br2NO2S/c8-4-5-3-6(13(10,11)12)1-2-7(5)9/h1-3H,4H2,(H2,10,11,12). The maximum Gasteiger partial charge on any atom is 0.238 e. The molecular formula is C7H7Br2NO2S. The lowest BCUT2D eigenvalue weighted by molar-refractivity contribution is 0.597. The smallest absolute Gasteiger partial charge is 0.225 e. The SMILES string of the molecule is NS(=O)(=O)c1ccc(Br)c(CBr)c1. The molecule has 0 heterocycles. The lowest BCUT2D eigenvalue weighted by Crippen LogP contribution is -2.12. The van der Waals surface area contributed by atoms with Crippen molar-refractivity contribution in [3.63, 3.8) is 0 Å². The Bertz CT molecular complexity index is 417. The minimum absolute atomic E-state index is 0.130. The summed E-state index contributed by atoms with van der Waals surface area (Å²) in [7, 11) is -3.59. The van der Waals surface area contributed by atoms with Gasteiger partial charge in [0.1, 0.15) is 0 Å². The first-order chi connectivity index (χ1) is 5.95. The van der Waals surface area contributed by atoms with Gasteiger partial charge in [0.05, 0.1) is 4.90 Å². The molecule has 0 aliphatic carbocycles. The zero-order chi connectivity index (χ0) is 10.1. The lowest BCUT2D eigenvalue weighted by atomic mass is 10.2. The van der Waals surface area contributed by atoms with E-state index in [9.17, 15) is 8.42 Å². The van der Waals surface area contributed by atoms with Gasteiger partial charge in [-0.25, -0.2) is 13.6 Å². The molecule has 0 fully saturated rings. The van der Waals surface area contributed by atoms with Crippen LogP contribution in [0.5, 0.6) is 0 Å². The highest BCUT2D eigenvalue weighted by molar-refractivity contribution is 9.10. The molecule has 0 saturated heterocycles. The molecule has 1 aromatic rings. The van der Waals surface area contributed by atoms with Crippen molar-refractivity contribution < 1.29 is 8.42 Å². The summed E-state index contributed by atoms with van der Waals surface area (Å²) in [5, 5.41) is 5.55. The van der Waals surface area contributed by atoms with Crippen molar-refractivity contribution in [1.82, 2.24) is 0 Å². The molecule has 2 N–H and O–H groups in total. The normalized spacial score (nSPS) is 11.6. The fourth-order valence-electron chi connectivity index (χ4n) is 0.830. The van der Waals surface area contributed by atoms with Crippen molar-refractivity contribution in [3.05, 3.63) is 28.2 Å². The van der Waals surface area contributed by atoms with Gasteiger partial charge in [0.2, 0.25) is 10.0 Å². The average molecular weight is 329 g/mol. The zero-order valence-electron chi connectivity index (χ0n) is 6.50. The van der Waals surface area contributed by atoms with Gasteiger partial charge in [0.25, 0.3) is 0 Å². The van der Waals surface area contributed by atoms with Gasteiger partial charge in [0.15, 0.2) is 0 Å². The third-order valence-corrected chi connectivity index (χ3v) is 3.78. The van der Waals surface area contributed by atoms with Crippen LogP contribution in [0, 0.1) is 0 Å². The number of hydrogen-bond acceptors (Lipinski definition) is 2. The summed E-state index contributed by atoms with van der Waals surface area (Å²) in [4.78, 5) is 0.130. The van der Waals surface area contributed by atoms with Crippen LogP contribution in [-0.2, 0) is 15.4 Å². The second-order valence-corrected chi connectivity index (χ2v) is 5.41. The summed E-state index contributed by atoms with van der Waals surface area (Å²) in [5.41, 5.74) is 0.853. The van der Waals surface area contributed by atoms with Crippen LogP contribution in [-0.4, -0.2) is 8.42 Å². The Kier molecular flexibility index (Phi) is 3.50. The minimum Gasteiger partial charge on any atom is -0.225 e. The molecule has 0 spiro atoms. The molecule has 1 aromatic carbocycles. The molecule has 6 heteroatoms. The minimum atomic E-state index is -3.59. The van der Waals surface area contributed by atoms with Crippen LogP contribution < -0.4 is 5.14 Å². The van der Waals surface area contributed by atoms with Gasteiger partial charge in [-0.15, -0.1) is 0 Å². The summed E-state index contributed by atoms with van der Waals surface area (Å²) < 4.78 is 22.8. The van der Waals surface area contributed by atoms with Crippen molar-refractivity contribution in [2.45, 2.75) is 10.2 Å². The van der Waals surface area contributed by atoms with Gasteiger partial charge in [-0.05, 0) is 23.8 Å². The molecule has 0 aliphatic heterocycles. The van der Waals surface area contributed by atoms with Crippen LogP contribution >= 0.6 is 31.9 Å². The molecule has 72 valence electrons. The maximum absolute atomic E-state index is 11.0. The van der Waals surface area contributed by atoms with E-state index in [4.69, 9.17) is 5.14 Å². The van der Waals surface area contributed by atoms with Crippen LogP contribution in [0.15, 0.2) is 27.6 Å². The maximum atomic E-state index is 11.0. The Hall–Kier alpha value is 0.0900. The number of sulfonamides is 1. The molecule has 0 saturated carbocycles. The Morgan fingerprint density at radius 2 is 2.00 bits per heavy atom. The molecule has 0 atom stereocenters. The topological polar surface area (TPSA) is 60.2 Å². The van der Waals surface area contributed by atoms with Gasteiger partial charge < -0.3 is 0 Å². The van der Waals surface area contributed by atoms with Crippen LogP contribution in [0.25, 0.3) is 0 Å². The van der Waals surface area contributed by atoms with Gasteiger partial charge in [-0.2, -0.15) is 0 Å². The Morgan fingerprint density at radius 3 is 2.46 bits per heavy atom. The third kappa shape index (κ3) is 2.77. The van der Waals surface area contributed by atoms with Gasteiger partial charge in [0, 0.05) is 9.80 Å². The number of rotatable bonds is 2. The highest BCUT2D eigenvalue weighted by atomic mass is 79.9. The predicted octanol–water partition coefficient (Wildman–Crippen LogP) is 1.99. The molecule has 3 nitrogen and oxygen atoms in total. The molecule has 0 radical (unpaired) electrons. The Labute approximate surface area is 93.6 Å². The van der Waals surface area contributed by atoms with Crippen molar-refractivity contribution in [2.24, 2.45) is 5.14 Å². The Balaban J connectivity index is 3.30. The monoisotopic (exact) mass is 327 g/mol. The first-order valence-electron chi connectivity index (χ1n) is 3.32.